The Bertz CT molecular complexity index is 215. The van der Waals surface area contributed by atoms with E-state index in [1.807, 2.05) is 19.2 Å². The van der Waals surface area contributed by atoms with E-state index in [1.54, 1.807) is 12.1 Å². The van der Waals surface area contributed by atoms with E-state index in [2.05, 4.69) is 5.32 Å². The number of halogens is 1. The maximum absolute atomic E-state index is 9.01. The Morgan fingerprint density at radius 2 is 2.18 bits per heavy atom. The molecule has 0 fully saturated rings. The standard InChI is InChI=1S/C8H11NO.ClH/c1-9-6-7-3-2-4-8(10)5-7;/h2-5,9-10H,6H2,1H3;1H. The smallest absolute Gasteiger partial charge is 0.115 e. The molecular formula is C8H12ClNO. The second kappa shape index (κ2) is 4.99. The lowest BCUT2D eigenvalue weighted by Crippen LogP contribution is -2.04. The van der Waals surface area contributed by atoms with E-state index in [-0.39, 0.29) is 12.4 Å². The van der Waals surface area contributed by atoms with Gasteiger partial charge in [0.15, 0.2) is 0 Å². The van der Waals surface area contributed by atoms with Crippen LogP contribution < -0.4 is 5.32 Å². The Morgan fingerprint density at radius 3 is 2.73 bits per heavy atom. The Hall–Kier alpha value is -0.730. The van der Waals surface area contributed by atoms with Crippen LogP contribution in [0.3, 0.4) is 0 Å². The van der Waals surface area contributed by atoms with Crippen molar-refractivity contribution in [2.45, 2.75) is 6.54 Å². The summed E-state index contributed by atoms with van der Waals surface area (Å²) in [4.78, 5) is 0. The first-order valence-electron chi connectivity index (χ1n) is 3.25. The zero-order valence-electron chi connectivity index (χ0n) is 6.37. The van der Waals surface area contributed by atoms with E-state index >= 15 is 0 Å². The molecule has 0 aromatic heterocycles. The second-order valence-electron chi connectivity index (χ2n) is 2.20. The molecule has 0 spiro atoms. The Morgan fingerprint density at radius 1 is 1.45 bits per heavy atom. The molecule has 2 nitrogen and oxygen atoms in total. The maximum Gasteiger partial charge on any atom is 0.115 e. The fourth-order valence-corrected chi connectivity index (χ4v) is 0.871. The average molecular weight is 174 g/mol. The summed E-state index contributed by atoms with van der Waals surface area (Å²) >= 11 is 0. The van der Waals surface area contributed by atoms with Gasteiger partial charge in [0.2, 0.25) is 0 Å². The summed E-state index contributed by atoms with van der Waals surface area (Å²) in [6.07, 6.45) is 0. The van der Waals surface area contributed by atoms with Crippen molar-refractivity contribution >= 4 is 12.4 Å². The van der Waals surface area contributed by atoms with Gasteiger partial charge in [0.05, 0.1) is 0 Å². The SMILES string of the molecule is CNCc1cccc(O)c1.Cl. The van der Waals surface area contributed by atoms with Crippen molar-refractivity contribution < 1.29 is 5.11 Å². The number of rotatable bonds is 2. The molecule has 0 radical (unpaired) electrons. The number of aromatic hydroxyl groups is 1. The maximum atomic E-state index is 9.01. The number of phenols is 1. The molecule has 0 aliphatic carbocycles. The molecule has 0 atom stereocenters. The van der Waals surface area contributed by atoms with Crippen LogP contribution in [0.25, 0.3) is 0 Å². The molecule has 0 heterocycles. The third-order valence-electron chi connectivity index (χ3n) is 1.29. The third kappa shape index (κ3) is 3.25. The van der Waals surface area contributed by atoms with Crippen LogP contribution in [0.4, 0.5) is 0 Å². The first-order valence-corrected chi connectivity index (χ1v) is 3.25. The number of benzene rings is 1. The fraction of sp³-hybridized carbons (Fsp3) is 0.250. The number of hydrogen-bond donors (Lipinski definition) is 2. The highest BCUT2D eigenvalue weighted by Crippen LogP contribution is 2.09. The van der Waals surface area contributed by atoms with Gasteiger partial charge >= 0.3 is 0 Å². The Balaban J connectivity index is 0.000001000. The van der Waals surface area contributed by atoms with Gasteiger partial charge in [-0.15, -0.1) is 12.4 Å². The van der Waals surface area contributed by atoms with Crippen molar-refractivity contribution in [3.63, 3.8) is 0 Å². The highest BCUT2D eigenvalue weighted by Gasteiger charge is 1.90. The molecule has 1 aromatic rings. The Kier molecular flexibility index (Phi) is 4.66. The number of nitrogens with one attached hydrogen (secondary N) is 1. The summed E-state index contributed by atoms with van der Waals surface area (Å²) in [5, 5.41) is 12.0. The topological polar surface area (TPSA) is 32.3 Å². The van der Waals surface area contributed by atoms with Crippen LogP contribution >= 0.6 is 12.4 Å². The van der Waals surface area contributed by atoms with Crippen molar-refractivity contribution in [2.75, 3.05) is 7.05 Å². The molecule has 0 saturated heterocycles. The highest BCUT2D eigenvalue weighted by molar-refractivity contribution is 5.85. The van der Waals surface area contributed by atoms with Crippen LogP contribution in [0.5, 0.6) is 5.75 Å². The van der Waals surface area contributed by atoms with Gasteiger partial charge in [0.1, 0.15) is 5.75 Å². The second-order valence-corrected chi connectivity index (χ2v) is 2.20. The van der Waals surface area contributed by atoms with Crippen LogP contribution in [0, 0.1) is 0 Å². The van der Waals surface area contributed by atoms with E-state index in [4.69, 9.17) is 5.11 Å². The molecule has 0 bridgehead atoms. The van der Waals surface area contributed by atoms with Gasteiger partial charge in [0, 0.05) is 6.54 Å². The van der Waals surface area contributed by atoms with Crippen LogP contribution in [0.2, 0.25) is 0 Å². The van der Waals surface area contributed by atoms with E-state index in [0.29, 0.717) is 5.75 Å². The van der Waals surface area contributed by atoms with E-state index in [9.17, 15) is 0 Å². The lowest BCUT2D eigenvalue weighted by Gasteiger charge is -1.98. The van der Waals surface area contributed by atoms with Crippen molar-refractivity contribution in [3.05, 3.63) is 29.8 Å². The molecule has 0 amide bonds. The summed E-state index contributed by atoms with van der Waals surface area (Å²) in [6, 6.07) is 7.22. The molecule has 3 heteroatoms. The lowest BCUT2D eigenvalue weighted by atomic mass is 10.2. The molecule has 0 aliphatic heterocycles. The van der Waals surface area contributed by atoms with Crippen molar-refractivity contribution in [1.29, 1.82) is 0 Å². The molecule has 2 N–H and O–H groups in total. The summed E-state index contributed by atoms with van der Waals surface area (Å²) in [5.41, 5.74) is 1.10. The minimum atomic E-state index is 0. The summed E-state index contributed by atoms with van der Waals surface area (Å²) < 4.78 is 0. The molecule has 0 saturated carbocycles. The van der Waals surface area contributed by atoms with E-state index in [1.165, 1.54) is 0 Å². The largest absolute Gasteiger partial charge is 0.508 e. The van der Waals surface area contributed by atoms with E-state index in [0.717, 1.165) is 12.1 Å². The molecule has 0 aliphatic rings. The van der Waals surface area contributed by atoms with Crippen LogP contribution in [-0.2, 0) is 6.54 Å². The van der Waals surface area contributed by atoms with Gasteiger partial charge in [-0.2, -0.15) is 0 Å². The number of hydrogen-bond acceptors (Lipinski definition) is 2. The van der Waals surface area contributed by atoms with Gasteiger partial charge in [-0.05, 0) is 24.7 Å². The zero-order chi connectivity index (χ0) is 7.40. The molecule has 1 rings (SSSR count). The molecular weight excluding hydrogens is 162 g/mol. The predicted octanol–water partition coefficient (Wildman–Crippen LogP) is 1.53. The van der Waals surface area contributed by atoms with Crippen LogP contribution in [-0.4, -0.2) is 12.2 Å². The lowest BCUT2D eigenvalue weighted by molar-refractivity contribution is 0.474. The van der Waals surface area contributed by atoms with E-state index < -0.39 is 0 Å². The van der Waals surface area contributed by atoms with Gasteiger partial charge < -0.3 is 10.4 Å². The molecule has 62 valence electrons. The van der Waals surface area contributed by atoms with Gasteiger partial charge in [0.25, 0.3) is 0 Å². The summed E-state index contributed by atoms with van der Waals surface area (Å²) in [6.45, 7) is 0.800. The van der Waals surface area contributed by atoms with Gasteiger partial charge in [-0.1, -0.05) is 12.1 Å². The quantitative estimate of drug-likeness (QED) is 0.711. The minimum absolute atomic E-state index is 0. The molecule has 11 heavy (non-hydrogen) atoms. The first-order chi connectivity index (χ1) is 4.83. The first kappa shape index (κ1) is 10.3. The minimum Gasteiger partial charge on any atom is -0.508 e. The van der Waals surface area contributed by atoms with Crippen molar-refractivity contribution in [1.82, 2.24) is 5.32 Å². The fourth-order valence-electron chi connectivity index (χ4n) is 0.871. The average Bonchev–Trinajstić information content (AvgIpc) is 1.88. The monoisotopic (exact) mass is 173 g/mol. The van der Waals surface area contributed by atoms with Crippen molar-refractivity contribution in [3.8, 4) is 5.75 Å². The van der Waals surface area contributed by atoms with Crippen LogP contribution in [0.1, 0.15) is 5.56 Å². The Labute approximate surface area is 72.7 Å². The highest BCUT2D eigenvalue weighted by atomic mass is 35.5. The molecule has 1 aromatic carbocycles. The third-order valence-corrected chi connectivity index (χ3v) is 1.29. The number of phenolic OH excluding ortho intramolecular Hbond substituents is 1. The zero-order valence-corrected chi connectivity index (χ0v) is 7.19. The van der Waals surface area contributed by atoms with Gasteiger partial charge in [-0.25, -0.2) is 0 Å². The summed E-state index contributed by atoms with van der Waals surface area (Å²) in [5.74, 6) is 0.327. The van der Waals surface area contributed by atoms with Crippen molar-refractivity contribution in [2.24, 2.45) is 0 Å². The predicted molar refractivity (Wildman–Crippen MR) is 48.1 cm³/mol. The van der Waals surface area contributed by atoms with Crippen LogP contribution in [0.15, 0.2) is 24.3 Å². The summed E-state index contributed by atoms with van der Waals surface area (Å²) in [7, 11) is 1.88. The molecule has 0 unspecified atom stereocenters. The van der Waals surface area contributed by atoms with Gasteiger partial charge in [-0.3, -0.25) is 0 Å². The normalized spacial score (nSPS) is 8.82.